The predicted molar refractivity (Wildman–Crippen MR) is 155 cm³/mol. The molecule has 9 heteroatoms. The third kappa shape index (κ3) is 6.49. The fourth-order valence-corrected chi connectivity index (χ4v) is 6.09. The van der Waals surface area contributed by atoms with Gasteiger partial charge in [-0.05, 0) is 43.4 Å². The number of piperidine rings is 1. The Labute approximate surface area is 233 Å². The van der Waals surface area contributed by atoms with E-state index in [1.165, 1.54) is 11.3 Å². The van der Waals surface area contributed by atoms with Crippen LogP contribution in [0.2, 0.25) is 0 Å². The maximum Gasteiger partial charge on any atom is 0.273 e. The smallest absolute Gasteiger partial charge is 0.273 e. The van der Waals surface area contributed by atoms with E-state index >= 15 is 0 Å². The van der Waals surface area contributed by atoms with Gasteiger partial charge < -0.3 is 24.7 Å². The highest BCUT2D eigenvalue weighted by atomic mass is 32.1. The molecule has 1 aliphatic rings. The van der Waals surface area contributed by atoms with E-state index in [1.807, 2.05) is 28.5 Å². The fourth-order valence-electron chi connectivity index (χ4n) is 5.45. The second-order valence-corrected chi connectivity index (χ2v) is 11.0. The molecule has 39 heavy (non-hydrogen) atoms. The minimum Gasteiger partial charge on any atom is -0.473 e. The Morgan fingerprint density at radius 2 is 1.97 bits per heavy atom. The van der Waals surface area contributed by atoms with Gasteiger partial charge in [0.05, 0.1) is 23.8 Å². The van der Waals surface area contributed by atoms with Crippen LogP contribution in [0.4, 0.5) is 0 Å². The van der Waals surface area contributed by atoms with Gasteiger partial charge in [-0.1, -0.05) is 47.7 Å². The average molecular weight is 548 g/mol. The van der Waals surface area contributed by atoms with E-state index < -0.39 is 0 Å². The summed E-state index contributed by atoms with van der Waals surface area (Å²) in [6.07, 6.45) is 3.91. The number of amides is 1. The molecular formula is C30H37N5O3S. The molecule has 206 valence electrons. The molecular weight excluding hydrogens is 510 g/mol. The standard InChI is InChI=1S/C30H37N5O3S/c1-37-16-6-15-35-27-9-4-3-8-25(27)32-29(35)23-7-5-14-34(19-23)28(36)18-24(31)17-21-10-12-22(13-11-21)26-20-39-30(33-26)38-2/h3-4,8-13,20,23-24H,5-7,14-19,31H2,1-2H3/t23-,24-/m1/s1. The number of rotatable bonds is 11. The summed E-state index contributed by atoms with van der Waals surface area (Å²) >= 11 is 1.48. The number of thiazole rings is 1. The average Bonchev–Trinajstić information content (AvgIpc) is 3.59. The molecule has 0 bridgehead atoms. The van der Waals surface area contributed by atoms with Crippen molar-refractivity contribution in [2.75, 3.05) is 33.9 Å². The summed E-state index contributed by atoms with van der Waals surface area (Å²) in [5, 5.41) is 2.64. The second-order valence-electron chi connectivity index (χ2n) is 10.2. The third-order valence-corrected chi connectivity index (χ3v) is 8.20. The quantitative estimate of drug-likeness (QED) is 0.269. The van der Waals surface area contributed by atoms with Gasteiger partial charge in [-0.25, -0.2) is 9.97 Å². The molecule has 0 unspecified atom stereocenters. The Balaban J connectivity index is 1.20. The van der Waals surface area contributed by atoms with Gasteiger partial charge in [-0.3, -0.25) is 4.79 Å². The van der Waals surface area contributed by atoms with Crippen LogP contribution >= 0.6 is 11.3 Å². The van der Waals surface area contributed by atoms with Gasteiger partial charge >= 0.3 is 0 Å². The number of likely N-dealkylation sites (tertiary alicyclic amines) is 1. The number of benzene rings is 2. The lowest BCUT2D eigenvalue weighted by atomic mass is 9.95. The molecule has 8 nitrogen and oxygen atoms in total. The van der Waals surface area contributed by atoms with Crippen molar-refractivity contribution in [3.8, 4) is 16.5 Å². The van der Waals surface area contributed by atoms with Crippen LogP contribution in [0, 0.1) is 0 Å². The summed E-state index contributed by atoms with van der Waals surface area (Å²) in [4.78, 5) is 24.8. The van der Waals surface area contributed by atoms with E-state index in [0.717, 1.165) is 66.0 Å². The van der Waals surface area contributed by atoms with Crippen LogP contribution in [0.1, 0.15) is 43.0 Å². The van der Waals surface area contributed by atoms with Gasteiger partial charge in [0.25, 0.3) is 5.19 Å². The molecule has 0 radical (unpaired) electrons. The lowest BCUT2D eigenvalue weighted by molar-refractivity contribution is -0.132. The first-order valence-corrected chi connectivity index (χ1v) is 14.5. The number of hydrogen-bond acceptors (Lipinski definition) is 7. The van der Waals surface area contributed by atoms with Crippen molar-refractivity contribution >= 4 is 28.3 Å². The van der Waals surface area contributed by atoms with Crippen molar-refractivity contribution in [2.24, 2.45) is 5.73 Å². The lowest BCUT2D eigenvalue weighted by Gasteiger charge is -2.33. The molecule has 0 spiro atoms. The zero-order chi connectivity index (χ0) is 27.2. The van der Waals surface area contributed by atoms with Crippen molar-refractivity contribution in [3.63, 3.8) is 0 Å². The van der Waals surface area contributed by atoms with Crippen LogP contribution in [-0.4, -0.2) is 65.3 Å². The number of nitrogens with zero attached hydrogens (tertiary/aromatic N) is 4. The Kier molecular flexibility index (Phi) is 8.91. The number of fused-ring (bicyclic) bond motifs is 1. The molecule has 0 aliphatic carbocycles. The number of imidazole rings is 1. The number of ether oxygens (including phenoxy) is 2. The van der Waals surface area contributed by atoms with Crippen LogP contribution in [0.3, 0.4) is 0 Å². The minimum absolute atomic E-state index is 0.125. The molecule has 3 heterocycles. The largest absolute Gasteiger partial charge is 0.473 e. The first-order chi connectivity index (χ1) is 19.1. The van der Waals surface area contributed by atoms with Crippen molar-refractivity contribution in [1.82, 2.24) is 19.4 Å². The molecule has 0 saturated carbocycles. The maximum atomic E-state index is 13.3. The molecule has 1 saturated heterocycles. The number of hydrogen-bond donors (Lipinski definition) is 1. The van der Waals surface area contributed by atoms with Crippen LogP contribution in [0.25, 0.3) is 22.3 Å². The summed E-state index contributed by atoms with van der Waals surface area (Å²) in [7, 11) is 3.36. The monoisotopic (exact) mass is 547 g/mol. The van der Waals surface area contributed by atoms with Gasteiger partial charge in [0, 0.05) is 62.7 Å². The zero-order valence-electron chi connectivity index (χ0n) is 22.7. The van der Waals surface area contributed by atoms with E-state index in [-0.39, 0.29) is 17.9 Å². The predicted octanol–water partition coefficient (Wildman–Crippen LogP) is 4.87. The highest BCUT2D eigenvalue weighted by molar-refractivity contribution is 7.11. The normalized spacial score (nSPS) is 16.5. The Bertz CT molecular complexity index is 1380. The molecule has 2 aromatic heterocycles. The topological polar surface area (TPSA) is 95.5 Å². The van der Waals surface area contributed by atoms with Gasteiger partial charge in [0.1, 0.15) is 5.82 Å². The first-order valence-electron chi connectivity index (χ1n) is 13.6. The minimum atomic E-state index is -0.235. The van der Waals surface area contributed by atoms with Crippen molar-refractivity contribution in [2.45, 2.75) is 50.6 Å². The Morgan fingerprint density at radius 1 is 1.15 bits per heavy atom. The summed E-state index contributed by atoms with van der Waals surface area (Å²) in [6, 6.07) is 16.3. The van der Waals surface area contributed by atoms with E-state index in [2.05, 4.69) is 39.9 Å². The number of aryl methyl sites for hydroxylation is 1. The third-order valence-electron chi connectivity index (χ3n) is 7.40. The molecule has 1 fully saturated rings. The van der Waals surface area contributed by atoms with Crippen molar-refractivity contribution < 1.29 is 14.3 Å². The van der Waals surface area contributed by atoms with Crippen LogP contribution < -0.4 is 10.5 Å². The molecule has 2 aromatic carbocycles. The number of aromatic nitrogens is 3. The highest BCUT2D eigenvalue weighted by Crippen LogP contribution is 2.30. The first kappa shape index (κ1) is 27.3. The van der Waals surface area contributed by atoms with Crippen LogP contribution in [-0.2, 0) is 22.5 Å². The number of carbonyl (C=O) groups excluding carboxylic acids is 1. The summed E-state index contributed by atoms with van der Waals surface area (Å²) in [5.41, 5.74) is 11.7. The van der Waals surface area contributed by atoms with Crippen LogP contribution in [0.15, 0.2) is 53.9 Å². The maximum absolute atomic E-state index is 13.3. The SMILES string of the molecule is COCCCn1c([C@@H]2CCCN(C(=O)C[C@H](N)Cc3ccc(-c4csc(OC)n4)cc3)C2)nc2ccccc21. The molecule has 2 N–H and O–H groups in total. The van der Waals surface area contributed by atoms with Crippen molar-refractivity contribution in [3.05, 3.63) is 65.3 Å². The lowest BCUT2D eigenvalue weighted by Crippen LogP contribution is -2.42. The summed E-state index contributed by atoms with van der Waals surface area (Å²) in [5.74, 6) is 1.41. The molecule has 1 aliphatic heterocycles. The Hall–Kier alpha value is -3.27. The Morgan fingerprint density at radius 3 is 2.74 bits per heavy atom. The van der Waals surface area contributed by atoms with E-state index in [9.17, 15) is 4.79 Å². The van der Waals surface area contributed by atoms with E-state index in [1.54, 1.807) is 14.2 Å². The number of carbonyl (C=O) groups is 1. The molecule has 1 amide bonds. The highest BCUT2D eigenvalue weighted by Gasteiger charge is 2.29. The summed E-state index contributed by atoms with van der Waals surface area (Å²) < 4.78 is 12.8. The number of methoxy groups -OCH3 is 2. The zero-order valence-corrected chi connectivity index (χ0v) is 23.5. The van der Waals surface area contributed by atoms with E-state index in [0.29, 0.717) is 31.2 Å². The summed E-state index contributed by atoms with van der Waals surface area (Å²) in [6.45, 7) is 3.03. The van der Waals surface area contributed by atoms with Crippen LogP contribution in [0.5, 0.6) is 5.19 Å². The molecule has 2 atom stereocenters. The van der Waals surface area contributed by atoms with Gasteiger partial charge in [0.15, 0.2) is 0 Å². The fraction of sp³-hybridized carbons (Fsp3) is 0.433. The van der Waals surface area contributed by atoms with Gasteiger partial charge in [-0.15, -0.1) is 0 Å². The second kappa shape index (κ2) is 12.7. The van der Waals surface area contributed by atoms with Gasteiger partial charge in [0.2, 0.25) is 5.91 Å². The molecule has 4 aromatic rings. The number of para-hydroxylation sites is 2. The van der Waals surface area contributed by atoms with Crippen molar-refractivity contribution in [1.29, 1.82) is 0 Å². The molecule has 5 rings (SSSR count). The van der Waals surface area contributed by atoms with E-state index in [4.69, 9.17) is 20.2 Å². The number of nitrogens with two attached hydrogens (primary N) is 1. The van der Waals surface area contributed by atoms with Gasteiger partial charge in [-0.2, -0.15) is 0 Å².